The number of aryl methyl sites for hydroxylation is 6. The van der Waals surface area contributed by atoms with Crippen LogP contribution in [0.2, 0.25) is 0 Å². The second-order valence-electron chi connectivity index (χ2n) is 19.0. The Balaban J connectivity index is 0.00000329. The summed E-state index contributed by atoms with van der Waals surface area (Å²) in [6.45, 7) is 30.9. The Bertz CT molecular complexity index is 3430. The third-order valence-corrected chi connectivity index (χ3v) is 15.4. The topological polar surface area (TPSA) is 108 Å². The van der Waals surface area contributed by atoms with Crippen molar-refractivity contribution in [1.29, 1.82) is 0 Å². The third kappa shape index (κ3) is 8.12. The van der Waals surface area contributed by atoms with E-state index in [1.54, 1.807) is 0 Å². The van der Waals surface area contributed by atoms with E-state index in [2.05, 4.69) is 145 Å². The molecule has 10 heteroatoms. The van der Waals surface area contributed by atoms with Gasteiger partial charge in [0.1, 0.15) is 0 Å². The summed E-state index contributed by atoms with van der Waals surface area (Å²) in [4.78, 5) is 43.1. The second kappa shape index (κ2) is 19.6. The molecule has 346 valence electrons. The molecule has 8 nitrogen and oxygen atoms in total. The van der Waals surface area contributed by atoms with Gasteiger partial charge in [-0.3, -0.25) is 0 Å². The van der Waals surface area contributed by atoms with Crippen molar-refractivity contribution >= 4 is 88.7 Å². The van der Waals surface area contributed by atoms with Crippen LogP contribution in [0.15, 0.2) is 48.5 Å². The van der Waals surface area contributed by atoms with Crippen molar-refractivity contribution in [3.63, 3.8) is 0 Å². The molecule has 0 saturated carbocycles. The molecule has 10 rings (SSSR count). The van der Waals surface area contributed by atoms with Crippen molar-refractivity contribution in [2.24, 2.45) is 0 Å². The minimum Gasteiger partial charge on any atom is -0.657 e. The van der Waals surface area contributed by atoms with Crippen molar-refractivity contribution in [3.8, 4) is 11.1 Å². The van der Waals surface area contributed by atoms with Gasteiger partial charge in [0.15, 0.2) is 0 Å². The van der Waals surface area contributed by atoms with Crippen LogP contribution in [-0.2, 0) is 51.8 Å². The van der Waals surface area contributed by atoms with Crippen LogP contribution >= 0.6 is 0 Å². The molecule has 0 radical (unpaired) electrons. The van der Waals surface area contributed by atoms with Crippen LogP contribution in [0, 0.1) is 27.7 Å². The molecule has 0 N–H and O–H groups in total. The molecule has 4 aliphatic heterocycles. The number of nitrogens with zero attached hydrogens (tertiary/aromatic N) is 8. The summed E-state index contributed by atoms with van der Waals surface area (Å²) in [6.07, 6.45) is 5.17. The molecular weight excluding hydrogens is 963 g/mol. The van der Waals surface area contributed by atoms with Crippen LogP contribution in [0.5, 0.6) is 0 Å². The molecule has 6 aromatic heterocycles. The summed E-state index contributed by atoms with van der Waals surface area (Å²) in [7, 11) is 0. The number of rotatable bonds is 7. The summed E-state index contributed by atoms with van der Waals surface area (Å²) in [6, 6.07) is 17.6. The zero-order valence-corrected chi connectivity index (χ0v) is 49.8. The molecule has 0 amide bonds. The average molecular weight is 1030 g/mol. The Labute approximate surface area is 438 Å². The second-order valence-corrected chi connectivity index (χ2v) is 19.0. The first-order valence-electron chi connectivity index (χ1n) is 24.8. The van der Waals surface area contributed by atoms with Gasteiger partial charge in [-0.25, -0.2) is 19.9 Å². The molecule has 0 fully saturated rings. The predicted molar refractivity (Wildman–Crippen MR) is 286 cm³/mol. The maximum Gasteiger partial charge on any atom is 2.00 e. The predicted octanol–water partition coefficient (Wildman–Crippen LogP) is 14.8. The Morgan fingerprint density at radius 1 is 0.286 bits per heavy atom. The smallest absolute Gasteiger partial charge is 0.657 e. The summed E-state index contributed by atoms with van der Waals surface area (Å²) >= 11 is 0. The van der Waals surface area contributed by atoms with Crippen LogP contribution in [0.1, 0.15) is 174 Å². The summed E-state index contributed by atoms with van der Waals surface area (Å²) in [5, 5.41) is 0. The normalized spacial score (nSPS) is 13.7. The van der Waals surface area contributed by atoms with Crippen LogP contribution in [0.3, 0.4) is 0 Å². The molecule has 6 aromatic rings. The Morgan fingerprint density at radius 2 is 0.514 bits per heavy atom. The largest absolute Gasteiger partial charge is 2.00 e. The number of hydrogen-bond acceptors (Lipinski definition) is 4. The molecule has 0 aromatic carbocycles. The molecule has 0 saturated heterocycles. The van der Waals surface area contributed by atoms with E-state index in [1.165, 1.54) is 55.7 Å². The quantitative estimate of drug-likeness (QED) is 0.146. The van der Waals surface area contributed by atoms with E-state index in [9.17, 15) is 0 Å². The van der Waals surface area contributed by atoms with Crippen molar-refractivity contribution in [3.05, 3.63) is 127 Å². The van der Waals surface area contributed by atoms with Crippen molar-refractivity contribution in [2.45, 2.75) is 135 Å². The van der Waals surface area contributed by atoms with Crippen molar-refractivity contribution in [1.82, 2.24) is 39.9 Å². The maximum absolute atomic E-state index is 5.56. The Morgan fingerprint density at radius 3 is 0.771 bits per heavy atom. The van der Waals surface area contributed by atoms with Crippen LogP contribution in [0.4, 0.5) is 0 Å². The van der Waals surface area contributed by atoms with Crippen LogP contribution in [-0.4, -0.2) is 19.9 Å². The Kier molecular flexibility index (Phi) is 14.2. The van der Waals surface area contributed by atoms with E-state index in [0.717, 1.165) is 162 Å². The van der Waals surface area contributed by atoms with Crippen molar-refractivity contribution in [2.75, 3.05) is 0 Å². The summed E-state index contributed by atoms with van der Waals surface area (Å²) in [5.74, 6) is 0. The van der Waals surface area contributed by atoms with E-state index in [0.29, 0.717) is 0 Å². The van der Waals surface area contributed by atoms with Gasteiger partial charge in [-0.2, -0.15) is 0 Å². The molecule has 0 atom stereocenters. The molecule has 10 heterocycles. The fourth-order valence-electron chi connectivity index (χ4n) is 11.3. The van der Waals surface area contributed by atoms with E-state index in [4.69, 9.17) is 39.9 Å². The van der Waals surface area contributed by atoms with Gasteiger partial charge in [-0.1, -0.05) is 123 Å². The van der Waals surface area contributed by atoms with Gasteiger partial charge in [0, 0.05) is 0 Å². The molecule has 16 bridgehead atoms. The maximum atomic E-state index is 5.56. The summed E-state index contributed by atoms with van der Waals surface area (Å²) < 4.78 is 0. The SMILES string of the molecule is CCC1=C(C)c2cc3[n-]c(cc4nc(cc5[n-]c(cc1n2)c(C)c5CC)C(C)=C4CC)c(C)c3-c1c(C)c2cc3nc(cc4[n-]c(cc5nc(cc1[n-]2)C(C)=C5CC)c(C)c4CC)C(C)=C3CC.[Zn+2].[Zn+2]. The van der Waals surface area contributed by atoms with Gasteiger partial charge in [0.05, 0.1) is 45.6 Å². The van der Waals surface area contributed by atoms with E-state index in [1.807, 2.05) is 0 Å². The van der Waals surface area contributed by atoms with E-state index >= 15 is 0 Å². The fraction of sp³-hybridized carbons (Fsp3) is 0.333. The van der Waals surface area contributed by atoms with Crippen molar-refractivity contribution < 1.29 is 39.0 Å². The van der Waals surface area contributed by atoms with Crippen LogP contribution in [0.25, 0.3) is 99.8 Å². The van der Waals surface area contributed by atoms with Gasteiger partial charge < -0.3 is 19.9 Å². The molecular formula is C60H62N8Zn2. The first-order chi connectivity index (χ1) is 32.7. The molecule has 0 unspecified atom stereocenters. The molecule has 0 aliphatic carbocycles. The first-order valence-corrected chi connectivity index (χ1v) is 24.8. The average Bonchev–Trinajstić information content (AvgIpc) is 4.18. The van der Waals surface area contributed by atoms with E-state index in [-0.39, 0.29) is 39.0 Å². The zero-order valence-electron chi connectivity index (χ0n) is 43.9. The number of aromatic nitrogens is 8. The number of allylic oxidation sites excluding steroid dienone is 8. The monoisotopic (exact) mass is 1020 g/mol. The van der Waals surface area contributed by atoms with Gasteiger partial charge in [0.25, 0.3) is 0 Å². The number of hydrogen-bond donors (Lipinski definition) is 0. The minimum absolute atomic E-state index is 0. The fourth-order valence-corrected chi connectivity index (χ4v) is 11.3. The van der Waals surface area contributed by atoms with Crippen LogP contribution < -0.4 is 19.9 Å². The Hall–Kier alpha value is -5.55. The third-order valence-electron chi connectivity index (χ3n) is 15.4. The zero-order chi connectivity index (χ0) is 48.0. The van der Waals surface area contributed by atoms with Gasteiger partial charge in [-0.05, 0) is 150 Å². The standard InChI is InChI=1S/C60H62N8.2Zn/c1-15-37-29(7)43-23-53-41(19-5)33(11)47(65-53)27-57-59(35(13)49(67-57)25-55-39(17-3)31(9)45(63-55)21-51(37)61-43)60-36(14)50-26-56-40(18-4)32(10)46(64-56)22-52-38(16-2)30(8)44(62-52)24-54-42(20-6)34(12)48(66-54)28-58(60)68-50;;/h21-28H,15-20H2,1-14H3;;/q-4;2*+2. The summed E-state index contributed by atoms with van der Waals surface area (Å²) in [5.41, 5.74) is 33.6. The van der Waals surface area contributed by atoms with E-state index < -0.39 is 0 Å². The van der Waals surface area contributed by atoms with Gasteiger partial charge in [-0.15, -0.1) is 44.1 Å². The first kappa shape index (κ1) is 50.8. The molecule has 4 aliphatic rings. The molecule has 0 spiro atoms. The minimum atomic E-state index is 0. The number of fused-ring (bicyclic) bond motifs is 16. The van der Waals surface area contributed by atoms with Gasteiger partial charge >= 0.3 is 39.0 Å². The van der Waals surface area contributed by atoms with Gasteiger partial charge in [0.2, 0.25) is 0 Å². The molecule has 70 heavy (non-hydrogen) atoms.